The molecule has 0 fully saturated rings. The molecule has 228 valence electrons. The third kappa shape index (κ3) is 3.75. The van der Waals surface area contributed by atoms with Gasteiger partial charge in [-0.1, -0.05) is 103 Å². The fraction of sp³-hybridized carbons (Fsp3) is 0. The highest BCUT2D eigenvalue weighted by molar-refractivity contribution is 6.14. The van der Waals surface area contributed by atoms with Gasteiger partial charge in [-0.15, -0.1) is 0 Å². The Bertz CT molecular complexity index is 3110. The number of para-hydroxylation sites is 5. The minimum absolute atomic E-state index is 0.815. The third-order valence-corrected chi connectivity index (χ3v) is 9.91. The summed E-state index contributed by atoms with van der Waals surface area (Å²) in [6.07, 6.45) is 0. The fourth-order valence-corrected chi connectivity index (χ4v) is 7.67. The molecule has 5 heteroatoms. The molecule has 4 heterocycles. The highest BCUT2D eigenvalue weighted by atomic mass is 16.3. The van der Waals surface area contributed by atoms with Crippen molar-refractivity contribution in [1.29, 1.82) is 0 Å². The number of rotatable bonds is 3. The largest absolute Gasteiger partial charge is 0.455 e. The van der Waals surface area contributed by atoms with E-state index in [0.29, 0.717) is 0 Å². The molecule has 0 unspecified atom stereocenters. The zero-order valence-electron chi connectivity index (χ0n) is 26.2. The van der Waals surface area contributed by atoms with Crippen LogP contribution in [-0.2, 0) is 0 Å². The van der Waals surface area contributed by atoms with Crippen LogP contribution in [0.25, 0.3) is 99.5 Å². The fourth-order valence-electron chi connectivity index (χ4n) is 7.67. The molecule has 0 N–H and O–H groups in total. The van der Waals surface area contributed by atoms with Crippen LogP contribution in [0.1, 0.15) is 0 Å². The van der Waals surface area contributed by atoms with E-state index in [1.165, 1.54) is 11.1 Å². The number of nitrogens with zero attached hydrogens (tertiary/aromatic N) is 4. The van der Waals surface area contributed by atoms with Crippen LogP contribution in [0.5, 0.6) is 0 Å². The molecule has 0 bridgehead atoms. The van der Waals surface area contributed by atoms with Crippen LogP contribution in [0.3, 0.4) is 0 Å². The molecule has 0 saturated carbocycles. The van der Waals surface area contributed by atoms with E-state index in [0.717, 1.165) is 88.4 Å². The van der Waals surface area contributed by atoms with Gasteiger partial charge in [0.1, 0.15) is 16.8 Å². The Kier molecular flexibility index (Phi) is 5.32. The summed E-state index contributed by atoms with van der Waals surface area (Å²) in [6.45, 7) is 0. The van der Waals surface area contributed by atoms with Gasteiger partial charge in [-0.2, -0.15) is 0 Å². The molecule has 0 aliphatic carbocycles. The van der Waals surface area contributed by atoms with Crippen molar-refractivity contribution in [3.05, 3.63) is 158 Å². The molecule has 0 radical (unpaired) electrons. The first-order chi connectivity index (χ1) is 24.3. The van der Waals surface area contributed by atoms with Crippen LogP contribution in [-0.4, -0.2) is 18.9 Å². The number of imidazole rings is 1. The molecular weight excluding hydrogens is 601 g/mol. The molecule has 4 aromatic heterocycles. The van der Waals surface area contributed by atoms with Gasteiger partial charge in [0.2, 0.25) is 5.95 Å². The van der Waals surface area contributed by atoms with Crippen molar-refractivity contribution in [1.82, 2.24) is 18.9 Å². The van der Waals surface area contributed by atoms with Crippen LogP contribution >= 0.6 is 0 Å². The first kappa shape index (κ1) is 26.4. The van der Waals surface area contributed by atoms with Gasteiger partial charge in [-0.25, -0.2) is 9.97 Å². The summed E-state index contributed by atoms with van der Waals surface area (Å²) < 4.78 is 11.1. The SMILES string of the molecule is c1ccc(-c2ccc3oc4c(-c5ccc6c(c5)c5ccccc5n6-c5nc6ccccc6c6nc7ccccc7n56)cccc4c3c2)cc1. The summed E-state index contributed by atoms with van der Waals surface area (Å²) in [5.41, 5.74) is 12.3. The molecule has 11 rings (SSSR count). The highest BCUT2D eigenvalue weighted by Crippen LogP contribution is 2.40. The lowest BCUT2D eigenvalue weighted by Crippen LogP contribution is -2.06. The van der Waals surface area contributed by atoms with E-state index in [2.05, 4.69) is 148 Å². The van der Waals surface area contributed by atoms with E-state index in [-0.39, 0.29) is 0 Å². The van der Waals surface area contributed by atoms with Gasteiger partial charge in [0.15, 0.2) is 0 Å². The summed E-state index contributed by atoms with van der Waals surface area (Å²) in [5, 5.41) is 5.58. The standard InChI is InChI=1S/C44H26N4O/c1-2-11-27(12-3-1)28-22-24-41-35(25-28)32-16-10-15-30(42(32)49-41)29-21-23-39-34(26-29)31-13-5-8-19-38(31)47(39)44-46-36-17-6-4-14-33(36)43-45-37-18-7-9-20-40(37)48(43)44/h1-26H. The Labute approximate surface area is 279 Å². The van der Waals surface area contributed by atoms with Crippen molar-refractivity contribution >= 4 is 71.3 Å². The molecule has 49 heavy (non-hydrogen) atoms. The molecule has 11 aromatic rings. The van der Waals surface area contributed by atoms with Crippen molar-refractivity contribution in [2.75, 3.05) is 0 Å². The molecule has 5 nitrogen and oxygen atoms in total. The molecular formula is C44H26N4O. The van der Waals surface area contributed by atoms with Gasteiger partial charge in [-0.3, -0.25) is 8.97 Å². The lowest BCUT2D eigenvalue weighted by molar-refractivity contribution is 0.670. The predicted molar refractivity (Wildman–Crippen MR) is 200 cm³/mol. The predicted octanol–water partition coefficient (Wildman–Crippen LogP) is 11.4. The lowest BCUT2D eigenvalue weighted by atomic mass is 9.99. The molecule has 0 aliphatic heterocycles. The third-order valence-electron chi connectivity index (χ3n) is 9.91. The van der Waals surface area contributed by atoms with E-state index in [4.69, 9.17) is 14.4 Å². The van der Waals surface area contributed by atoms with Crippen molar-refractivity contribution in [3.63, 3.8) is 0 Å². The molecule has 0 aliphatic rings. The van der Waals surface area contributed by atoms with Gasteiger partial charge in [0.25, 0.3) is 0 Å². The van der Waals surface area contributed by atoms with Gasteiger partial charge < -0.3 is 4.42 Å². The maximum absolute atomic E-state index is 6.60. The molecule has 0 amide bonds. The van der Waals surface area contributed by atoms with Crippen LogP contribution in [0.4, 0.5) is 0 Å². The Hall–Kier alpha value is -6.72. The molecule has 0 atom stereocenters. The van der Waals surface area contributed by atoms with Gasteiger partial charge in [0.05, 0.1) is 27.6 Å². The number of hydrogen-bond donors (Lipinski definition) is 0. The normalized spacial score (nSPS) is 12.1. The van der Waals surface area contributed by atoms with Gasteiger partial charge >= 0.3 is 0 Å². The van der Waals surface area contributed by atoms with Crippen molar-refractivity contribution in [3.8, 4) is 28.2 Å². The Morgan fingerprint density at radius 1 is 0.429 bits per heavy atom. The monoisotopic (exact) mass is 626 g/mol. The number of fused-ring (bicyclic) bond motifs is 11. The summed E-state index contributed by atoms with van der Waals surface area (Å²) in [6, 6.07) is 55.3. The van der Waals surface area contributed by atoms with Crippen LogP contribution in [0.15, 0.2) is 162 Å². The summed E-state index contributed by atoms with van der Waals surface area (Å²) in [7, 11) is 0. The van der Waals surface area contributed by atoms with E-state index in [1.54, 1.807) is 0 Å². The quantitative estimate of drug-likeness (QED) is 0.196. The number of hydrogen-bond acceptors (Lipinski definition) is 3. The van der Waals surface area contributed by atoms with Crippen molar-refractivity contribution in [2.45, 2.75) is 0 Å². The minimum atomic E-state index is 0.815. The zero-order chi connectivity index (χ0) is 32.1. The summed E-state index contributed by atoms with van der Waals surface area (Å²) in [5.74, 6) is 0.815. The van der Waals surface area contributed by atoms with Gasteiger partial charge in [-0.05, 0) is 71.3 Å². The number of benzene rings is 7. The number of furan rings is 1. The second-order valence-electron chi connectivity index (χ2n) is 12.6. The van der Waals surface area contributed by atoms with E-state index >= 15 is 0 Å². The minimum Gasteiger partial charge on any atom is -0.455 e. The van der Waals surface area contributed by atoms with Crippen LogP contribution < -0.4 is 0 Å². The van der Waals surface area contributed by atoms with Crippen molar-refractivity contribution < 1.29 is 4.42 Å². The second kappa shape index (κ2) is 9.89. The second-order valence-corrected chi connectivity index (χ2v) is 12.6. The maximum atomic E-state index is 6.60. The zero-order valence-corrected chi connectivity index (χ0v) is 26.2. The number of aromatic nitrogens is 4. The molecule has 7 aromatic carbocycles. The molecule has 0 spiro atoms. The topological polar surface area (TPSA) is 48.3 Å². The first-order valence-electron chi connectivity index (χ1n) is 16.5. The lowest BCUT2D eigenvalue weighted by Gasteiger charge is -2.12. The van der Waals surface area contributed by atoms with Crippen molar-refractivity contribution in [2.24, 2.45) is 0 Å². The van der Waals surface area contributed by atoms with E-state index in [1.807, 2.05) is 18.2 Å². The molecule has 0 saturated heterocycles. The summed E-state index contributed by atoms with van der Waals surface area (Å²) >= 11 is 0. The first-order valence-corrected chi connectivity index (χ1v) is 16.5. The van der Waals surface area contributed by atoms with E-state index < -0.39 is 0 Å². The van der Waals surface area contributed by atoms with E-state index in [9.17, 15) is 0 Å². The van der Waals surface area contributed by atoms with Crippen LogP contribution in [0, 0.1) is 0 Å². The Balaban J connectivity index is 1.16. The highest BCUT2D eigenvalue weighted by Gasteiger charge is 2.21. The summed E-state index contributed by atoms with van der Waals surface area (Å²) in [4.78, 5) is 10.4. The van der Waals surface area contributed by atoms with Crippen LogP contribution in [0.2, 0.25) is 0 Å². The smallest absolute Gasteiger partial charge is 0.221 e. The Morgan fingerprint density at radius 3 is 2.02 bits per heavy atom. The average molecular weight is 627 g/mol. The Morgan fingerprint density at radius 2 is 1.12 bits per heavy atom. The maximum Gasteiger partial charge on any atom is 0.221 e. The van der Waals surface area contributed by atoms with Gasteiger partial charge in [0, 0.05) is 32.5 Å². The average Bonchev–Trinajstić information content (AvgIpc) is 3.84.